The first-order valence-electron chi connectivity index (χ1n) is 12.2. The van der Waals surface area contributed by atoms with Gasteiger partial charge < -0.3 is 19.5 Å². The molecule has 0 saturated heterocycles. The van der Waals surface area contributed by atoms with Crippen molar-refractivity contribution >= 4 is 15.9 Å². The second-order valence-corrected chi connectivity index (χ2v) is 11.6. The highest BCUT2D eigenvalue weighted by Crippen LogP contribution is 2.28. The van der Waals surface area contributed by atoms with Crippen LogP contribution in [0.25, 0.3) is 0 Å². The highest BCUT2D eigenvalue weighted by Gasteiger charge is 2.36. The Labute approximate surface area is 219 Å². The number of fused-ring (bicyclic) bond motifs is 1. The summed E-state index contributed by atoms with van der Waals surface area (Å²) in [5.41, 5.74) is 0.801. The number of benzene rings is 1. The number of aliphatic hydroxyl groups is 1. The molecule has 1 aromatic heterocycles. The van der Waals surface area contributed by atoms with Crippen LogP contribution in [0.3, 0.4) is 0 Å². The molecule has 200 valence electrons. The Morgan fingerprint density at radius 3 is 2.68 bits per heavy atom. The van der Waals surface area contributed by atoms with Gasteiger partial charge in [-0.2, -0.15) is 4.31 Å². The molecule has 1 aliphatic heterocycles. The Morgan fingerprint density at radius 1 is 1.30 bits per heavy atom. The third-order valence-electron chi connectivity index (χ3n) is 6.21. The fourth-order valence-corrected chi connectivity index (χ4v) is 5.13. The van der Waals surface area contributed by atoms with E-state index in [1.165, 1.54) is 30.6 Å². The molecule has 2 aromatic rings. The van der Waals surface area contributed by atoms with Crippen molar-refractivity contribution in [2.75, 3.05) is 33.9 Å². The van der Waals surface area contributed by atoms with Gasteiger partial charge in [-0.25, -0.2) is 13.4 Å². The minimum Gasteiger partial charge on any atom is -0.497 e. The molecule has 2 heterocycles. The lowest BCUT2D eigenvalue weighted by atomic mass is 10.00. The van der Waals surface area contributed by atoms with Gasteiger partial charge in [0.1, 0.15) is 17.4 Å². The van der Waals surface area contributed by atoms with E-state index in [9.17, 15) is 18.3 Å². The highest BCUT2D eigenvalue weighted by molar-refractivity contribution is 7.89. The number of hydrogen-bond donors (Lipinski definition) is 1. The Morgan fingerprint density at radius 2 is 2.03 bits per heavy atom. The average molecular weight is 530 g/mol. The van der Waals surface area contributed by atoms with Gasteiger partial charge in [-0.15, -0.1) is 0 Å². The van der Waals surface area contributed by atoms with Gasteiger partial charge in [0.25, 0.3) is 5.91 Å². The predicted octanol–water partition coefficient (Wildman–Crippen LogP) is 2.64. The molecule has 3 rings (SSSR count). The molecule has 0 aliphatic carbocycles. The van der Waals surface area contributed by atoms with Crippen LogP contribution in [0.5, 0.6) is 11.6 Å². The lowest BCUT2D eigenvalue weighted by molar-refractivity contribution is 0.0373. The second-order valence-electron chi connectivity index (χ2n) is 9.59. The number of hydrogen-bond acceptors (Lipinski definition) is 7. The molecular weight excluding hydrogens is 494 g/mol. The summed E-state index contributed by atoms with van der Waals surface area (Å²) in [5.74, 6) is 6.19. The number of sulfonamides is 1. The summed E-state index contributed by atoms with van der Waals surface area (Å²) in [7, 11) is -0.882. The number of methoxy groups -OCH3 is 1. The topological polar surface area (TPSA) is 109 Å². The van der Waals surface area contributed by atoms with Crippen LogP contribution < -0.4 is 9.47 Å². The van der Waals surface area contributed by atoms with Gasteiger partial charge in [-0.05, 0) is 25.1 Å². The monoisotopic (exact) mass is 529 g/mol. The maximum absolute atomic E-state index is 13.5. The van der Waals surface area contributed by atoms with Crippen molar-refractivity contribution in [3.63, 3.8) is 0 Å². The van der Waals surface area contributed by atoms with Gasteiger partial charge in [0.2, 0.25) is 15.9 Å². The zero-order valence-corrected chi connectivity index (χ0v) is 22.9. The van der Waals surface area contributed by atoms with E-state index in [1.54, 1.807) is 36.2 Å². The molecule has 0 unspecified atom stereocenters. The van der Waals surface area contributed by atoms with Crippen LogP contribution in [0.4, 0.5) is 0 Å². The second kappa shape index (κ2) is 11.9. The summed E-state index contributed by atoms with van der Waals surface area (Å²) < 4.78 is 39.2. The van der Waals surface area contributed by atoms with E-state index in [0.29, 0.717) is 11.3 Å². The number of nitrogens with zero attached hydrogens (tertiary/aromatic N) is 3. The number of amides is 1. The van der Waals surface area contributed by atoms with E-state index in [1.807, 2.05) is 20.8 Å². The van der Waals surface area contributed by atoms with Crippen LogP contribution in [0.15, 0.2) is 41.4 Å². The highest BCUT2D eigenvalue weighted by atomic mass is 32.2. The van der Waals surface area contributed by atoms with Crippen LogP contribution in [-0.2, 0) is 10.0 Å². The van der Waals surface area contributed by atoms with Crippen molar-refractivity contribution in [2.24, 2.45) is 11.8 Å². The van der Waals surface area contributed by atoms with Gasteiger partial charge in [0.05, 0.1) is 31.2 Å². The average Bonchev–Trinajstić information content (AvgIpc) is 2.88. The molecule has 0 saturated carbocycles. The first-order valence-corrected chi connectivity index (χ1v) is 13.6. The van der Waals surface area contributed by atoms with E-state index >= 15 is 0 Å². The van der Waals surface area contributed by atoms with Crippen LogP contribution in [0.2, 0.25) is 0 Å². The number of rotatable bonds is 7. The van der Waals surface area contributed by atoms with Crippen molar-refractivity contribution in [3.8, 4) is 23.5 Å². The molecule has 1 amide bonds. The number of pyridine rings is 1. The molecule has 0 radical (unpaired) electrons. The largest absolute Gasteiger partial charge is 0.497 e. The van der Waals surface area contributed by atoms with Crippen molar-refractivity contribution in [1.29, 1.82) is 0 Å². The fraction of sp³-hybridized carbons (Fsp3) is 0.481. The standard InChI is InChI=1S/C27H35N3O6S/c1-18(2)10-11-21-12-24-26(28-14-21)36-25(19(3)15-30(27(24)32)20(4)17-31)16-29(5)37(33,34)23-9-7-8-22(13-23)35-6/h7-9,12-14,18-20,25,31H,15-17H2,1-6H3/t19-,20-,25-/m1/s1. The molecule has 3 atom stereocenters. The molecule has 9 nitrogen and oxygen atoms in total. The number of likely N-dealkylation sites (N-methyl/N-ethyl adjacent to an activating group) is 1. The molecule has 1 aromatic carbocycles. The lowest BCUT2D eigenvalue weighted by Crippen LogP contribution is -2.50. The first kappa shape index (κ1) is 28.4. The summed E-state index contributed by atoms with van der Waals surface area (Å²) in [6, 6.07) is 7.46. The predicted molar refractivity (Wildman–Crippen MR) is 140 cm³/mol. The summed E-state index contributed by atoms with van der Waals surface area (Å²) in [6.07, 6.45) is 0.923. The number of aliphatic hydroxyl groups excluding tert-OH is 1. The SMILES string of the molecule is COc1cccc(S(=O)(=O)N(C)C[C@H]2Oc3ncc(C#CC(C)C)cc3C(=O)N([C@H](C)CO)C[C@H]2C)c1. The number of ether oxygens (including phenoxy) is 2. The minimum absolute atomic E-state index is 0.0201. The molecule has 1 aliphatic rings. The quantitative estimate of drug-likeness (QED) is 0.549. The van der Waals surface area contributed by atoms with E-state index in [-0.39, 0.29) is 53.8 Å². The van der Waals surface area contributed by atoms with E-state index < -0.39 is 22.2 Å². The van der Waals surface area contributed by atoms with Crippen molar-refractivity contribution in [3.05, 3.63) is 47.7 Å². The molecule has 0 fully saturated rings. The van der Waals surface area contributed by atoms with Gasteiger partial charge in [0, 0.05) is 43.3 Å². The Balaban J connectivity index is 1.98. The van der Waals surface area contributed by atoms with Gasteiger partial charge in [-0.1, -0.05) is 38.7 Å². The van der Waals surface area contributed by atoms with Gasteiger partial charge in [0.15, 0.2) is 0 Å². The van der Waals surface area contributed by atoms with Crippen LogP contribution in [0, 0.1) is 23.7 Å². The Hall–Kier alpha value is -3.13. The normalized spacial score (nSPS) is 18.8. The zero-order valence-electron chi connectivity index (χ0n) is 22.1. The maximum atomic E-state index is 13.5. The maximum Gasteiger partial charge on any atom is 0.259 e. The smallest absolute Gasteiger partial charge is 0.259 e. The molecule has 1 N–H and O–H groups in total. The van der Waals surface area contributed by atoms with Gasteiger partial charge in [-0.3, -0.25) is 4.79 Å². The summed E-state index contributed by atoms with van der Waals surface area (Å²) in [6.45, 7) is 7.64. The molecule has 37 heavy (non-hydrogen) atoms. The van der Waals surface area contributed by atoms with Crippen molar-refractivity contribution in [1.82, 2.24) is 14.2 Å². The molecule has 10 heteroatoms. The minimum atomic E-state index is -3.85. The Bertz CT molecular complexity index is 1280. The van der Waals surface area contributed by atoms with E-state index in [2.05, 4.69) is 16.8 Å². The van der Waals surface area contributed by atoms with Gasteiger partial charge >= 0.3 is 0 Å². The third-order valence-corrected chi connectivity index (χ3v) is 8.03. The summed E-state index contributed by atoms with van der Waals surface area (Å²) >= 11 is 0. The Kier molecular flexibility index (Phi) is 9.18. The number of aromatic nitrogens is 1. The zero-order chi connectivity index (χ0) is 27.3. The van der Waals surface area contributed by atoms with E-state index in [0.717, 1.165) is 0 Å². The fourth-order valence-electron chi connectivity index (χ4n) is 3.91. The van der Waals surface area contributed by atoms with Crippen LogP contribution >= 0.6 is 0 Å². The molecular formula is C27H35N3O6S. The molecule has 0 spiro atoms. The summed E-state index contributed by atoms with van der Waals surface area (Å²) in [5, 5.41) is 9.83. The summed E-state index contributed by atoms with van der Waals surface area (Å²) in [4.78, 5) is 19.6. The van der Waals surface area contributed by atoms with Crippen molar-refractivity contribution < 1.29 is 27.8 Å². The van der Waals surface area contributed by atoms with E-state index in [4.69, 9.17) is 9.47 Å². The van der Waals surface area contributed by atoms with Crippen LogP contribution in [0.1, 0.15) is 43.6 Å². The lowest BCUT2D eigenvalue weighted by Gasteiger charge is -2.37. The van der Waals surface area contributed by atoms with Crippen LogP contribution in [-0.4, -0.2) is 79.6 Å². The third kappa shape index (κ3) is 6.60. The molecule has 0 bridgehead atoms. The first-order chi connectivity index (χ1) is 17.5. The number of carbonyl (C=O) groups excluding carboxylic acids is 1. The number of carbonyl (C=O) groups is 1. The van der Waals surface area contributed by atoms with Crippen molar-refractivity contribution in [2.45, 2.75) is 44.7 Å².